The van der Waals surface area contributed by atoms with Crippen LogP contribution in [0.3, 0.4) is 0 Å². The molecule has 3 rings (SSSR count). The summed E-state index contributed by atoms with van der Waals surface area (Å²) in [6.07, 6.45) is -4.10. The van der Waals surface area contributed by atoms with Crippen LogP contribution in [0, 0.1) is 0 Å². The second-order valence-corrected chi connectivity index (χ2v) is 7.15. The summed E-state index contributed by atoms with van der Waals surface area (Å²) in [7, 11) is 0. The number of carbonyl (C=O) groups is 4. The van der Waals surface area contributed by atoms with Gasteiger partial charge in [-0.3, -0.25) is 4.79 Å². The fraction of sp³-hybridized carbons (Fsp3) is 0.0833. The normalized spacial score (nSPS) is 12.2. The van der Waals surface area contributed by atoms with Gasteiger partial charge in [-0.1, -0.05) is 48.0 Å². The first kappa shape index (κ1) is 23.5. The van der Waals surface area contributed by atoms with E-state index in [2.05, 4.69) is 5.32 Å². The van der Waals surface area contributed by atoms with Crippen LogP contribution in [0.1, 0.15) is 20.7 Å². The van der Waals surface area contributed by atoms with Gasteiger partial charge in [0, 0.05) is 10.7 Å². The number of benzene rings is 3. The molecule has 0 spiro atoms. The van der Waals surface area contributed by atoms with Gasteiger partial charge in [-0.15, -0.1) is 0 Å². The lowest BCUT2D eigenvalue weighted by molar-refractivity contribution is -0.157. The molecule has 9 heteroatoms. The van der Waals surface area contributed by atoms with Crippen molar-refractivity contribution in [2.75, 3.05) is 5.32 Å². The molecule has 0 aromatic heterocycles. The molecule has 0 aliphatic heterocycles. The number of ether oxygens (including phenoxy) is 2. The van der Waals surface area contributed by atoms with Gasteiger partial charge in [0.15, 0.2) is 0 Å². The Bertz CT molecular complexity index is 1130. The van der Waals surface area contributed by atoms with E-state index >= 15 is 0 Å². The van der Waals surface area contributed by atoms with Crippen LogP contribution >= 0.6 is 11.6 Å². The molecule has 3 aromatic rings. The van der Waals surface area contributed by atoms with E-state index in [4.69, 9.17) is 21.1 Å². The van der Waals surface area contributed by atoms with Gasteiger partial charge in [0.2, 0.25) is 12.2 Å². The van der Waals surface area contributed by atoms with E-state index in [0.29, 0.717) is 5.02 Å². The van der Waals surface area contributed by atoms with Crippen LogP contribution in [0.25, 0.3) is 0 Å². The molecule has 1 amide bonds. The number of rotatable bonds is 8. The van der Waals surface area contributed by atoms with Crippen molar-refractivity contribution in [1.82, 2.24) is 0 Å². The average molecular weight is 468 g/mol. The third kappa shape index (κ3) is 6.41. The Morgan fingerprint density at radius 2 is 1.15 bits per heavy atom. The number of carboxylic acid groups (broad SMARTS) is 1. The average Bonchev–Trinajstić information content (AvgIpc) is 2.83. The molecule has 0 saturated heterocycles. The maximum Gasteiger partial charge on any atom is 0.349 e. The highest BCUT2D eigenvalue weighted by Gasteiger charge is 2.41. The highest BCUT2D eigenvalue weighted by Crippen LogP contribution is 2.17. The molecule has 0 aliphatic carbocycles. The molecule has 0 heterocycles. The molecule has 0 fully saturated rings. The zero-order chi connectivity index (χ0) is 23.8. The summed E-state index contributed by atoms with van der Waals surface area (Å²) in [6, 6.07) is 21.3. The van der Waals surface area contributed by atoms with Gasteiger partial charge in [-0.2, -0.15) is 0 Å². The van der Waals surface area contributed by atoms with Gasteiger partial charge in [-0.05, 0) is 48.5 Å². The Morgan fingerprint density at radius 1 is 0.697 bits per heavy atom. The van der Waals surface area contributed by atoms with Gasteiger partial charge in [0.25, 0.3) is 5.91 Å². The van der Waals surface area contributed by atoms with Crippen molar-refractivity contribution in [3.63, 3.8) is 0 Å². The van der Waals surface area contributed by atoms with Crippen molar-refractivity contribution in [3.8, 4) is 0 Å². The first-order valence-electron chi connectivity index (χ1n) is 9.66. The lowest BCUT2D eigenvalue weighted by Crippen LogP contribution is -2.48. The summed E-state index contributed by atoms with van der Waals surface area (Å²) in [6.45, 7) is 0. The maximum absolute atomic E-state index is 13.0. The summed E-state index contributed by atoms with van der Waals surface area (Å²) in [5.74, 6) is -4.64. The van der Waals surface area contributed by atoms with Crippen LogP contribution in [0.4, 0.5) is 5.69 Å². The number of halogens is 1. The Balaban J connectivity index is 1.89. The molecule has 0 saturated carbocycles. The number of aliphatic carboxylic acids is 1. The van der Waals surface area contributed by atoms with Crippen LogP contribution in [0.5, 0.6) is 0 Å². The number of hydrogen-bond donors (Lipinski definition) is 2. The molecule has 0 aliphatic rings. The number of carbonyl (C=O) groups excluding carboxylic acids is 3. The fourth-order valence-corrected chi connectivity index (χ4v) is 2.88. The van der Waals surface area contributed by atoms with Gasteiger partial charge < -0.3 is 19.9 Å². The Hall–Kier alpha value is -4.17. The van der Waals surface area contributed by atoms with E-state index in [9.17, 15) is 24.3 Å². The molecule has 2 atom stereocenters. The zero-order valence-corrected chi connectivity index (χ0v) is 17.8. The number of nitrogens with one attached hydrogen (secondary N) is 1. The Kier molecular flexibility index (Phi) is 7.77. The van der Waals surface area contributed by atoms with Gasteiger partial charge in [0.05, 0.1) is 11.1 Å². The molecule has 0 bridgehead atoms. The van der Waals surface area contributed by atoms with E-state index in [0.717, 1.165) is 0 Å². The topological polar surface area (TPSA) is 119 Å². The van der Waals surface area contributed by atoms with Crippen molar-refractivity contribution in [3.05, 3.63) is 101 Å². The quantitative estimate of drug-likeness (QED) is 0.483. The standard InChI is InChI=1S/C24H18ClNO7/c25-17-11-13-18(14-12-17)26-21(27)19(32-23(30)15-7-3-1-4-8-15)20(22(28)29)33-24(31)16-9-5-2-6-10-16/h1-14,19-20H,(H,26,27)(H,28,29)/t19-,20+/m0/s1. The van der Waals surface area contributed by atoms with E-state index in [1.54, 1.807) is 36.4 Å². The van der Waals surface area contributed by atoms with Crippen LogP contribution in [-0.2, 0) is 19.1 Å². The highest BCUT2D eigenvalue weighted by atomic mass is 35.5. The molecular weight excluding hydrogens is 450 g/mol. The van der Waals surface area contributed by atoms with Crippen molar-refractivity contribution < 1.29 is 33.8 Å². The number of esters is 2. The van der Waals surface area contributed by atoms with Gasteiger partial charge in [0.1, 0.15) is 0 Å². The molecule has 33 heavy (non-hydrogen) atoms. The van der Waals surface area contributed by atoms with E-state index in [-0.39, 0.29) is 16.8 Å². The van der Waals surface area contributed by atoms with Crippen molar-refractivity contribution >= 4 is 41.1 Å². The second kappa shape index (κ2) is 10.9. The number of anilines is 1. The minimum Gasteiger partial charge on any atom is -0.478 e. The van der Waals surface area contributed by atoms with Gasteiger partial charge >= 0.3 is 17.9 Å². The number of carboxylic acids is 1. The van der Waals surface area contributed by atoms with Crippen molar-refractivity contribution in [2.45, 2.75) is 12.2 Å². The van der Waals surface area contributed by atoms with E-state index < -0.39 is 36.0 Å². The SMILES string of the molecule is O=C(O[C@H](C(=O)Nc1ccc(Cl)cc1)[C@@H](OC(=O)c1ccccc1)C(=O)O)c1ccccc1. The minimum absolute atomic E-state index is 0.0648. The zero-order valence-electron chi connectivity index (χ0n) is 17.0. The summed E-state index contributed by atoms with van der Waals surface area (Å²) in [4.78, 5) is 50.0. The van der Waals surface area contributed by atoms with Crippen LogP contribution < -0.4 is 5.32 Å². The molecule has 0 unspecified atom stereocenters. The molecule has 8 nitrogen and oxygen atoms in total. The summed E-state index contributed by atoms with van der Waals surface area (Å²) < 4.78 is 10.3. The van der Waals surface area contributed by atoms with E-state index in [1.165, 1.54) is 48.5 Å². The lowest BCUT2D eigenvalue weighted by atomic mass is 10.1. The molecule has 168 valence electrons. The lowest BCUT2D eigenvalue weighted by Gasteiger charge is -2.23. The van der Waals surface area contributed by atoms with E-state index in [1.807, 2.05) is 0 Å². The molecule has 0 radical (unpaired) electrons. The summed E-state index contributed by atoms with van der Waals surface area (Å²) in [5.41, 5.74) is 0.416. The third-order valence-electron chi connectivity index (χ3n) is 4.38. The highest BCUT2D eigenvalue weighted by molar-refractivity contribution is 6.30. The van der Waals surface area contributed by atoms with Crippen LogP contribution in [0.15, 0.2) is 84.9 Å². The molecule has 3 aromatic carbocycles. The number of amides is 1. The van der Waals surface area contributed by atoms with Crippen molar-refractivity contribution in [2.24, 2.45) is 0 Å². The fourth-order valence-electron chi connectivity index (χ4n) is 2.76. The first-order valence-corrected chi connectivity index (χ1v) is 10.0. The second-order valence-electron chi connectivity index (χ2n) is 6.72. The van der Waals surface area contributed by atoms with Crippen LogP contribution in [-0.4, -0.2) is 41.1 Å². The van der Waals surface area contributed by atoms with Crippen molar-refractivity contribution in [1.29, 1.82) is 0 Å². The number of hydrogen-bond acceptors (Lipinski definition) is 6. The minimum atomic E-state index is -2.11. The smallest absolute Gasteiger partial charge is 0.349 e. The van der Waals surface area contributed by atoms with Crippen LogP contribution in [0.2, 0.25) is 5.02 Å². The van der Waals surface area contributed by atoms with Gasteiger partial charge in [-0.25, -0.2) is 14.4 Å². The Morgan fingerprint density at radius 3 is 1.61 bits per heavy atom. The summed E-state index contributed by atoms with van der Waals surface area (Å²) >= 11 is 5.84. The molecular formula is C24H18ClNO7. The Labute approximate surface area is 193 Å². The molecule has 2 N–H and O–H groups in total. The first-order chi connectivity index (χ1) is 15.8. The largest absolute Gasteiger partial charge is 0.478 e. The predicted octanol–water partition coefficient (Wildman–Crippen LogP) is 3.81. The predicted molar refractivity (Wildman–Crippen MR) is 119 cm³/mol. The summed E-state index contributed by atoms with van der Waals surface area (Å²) in [5, 5.41) is 12.6. The third-order valence-corrected chi connectivity index (χ3v) is 4.63. The maximum atomic E-state index is 13.0. The monoisotopic (exact) mass is 467 g/mol.